The Labute approximate surface area is 128 Å². The molecule has 0 spiro atoms. The molecule has 1 unspecified atom stereocenters. The summed E-state index contributed by atoms with van der Waals surface area (Å²) in [7, 11) is 2.07. The second kappa shape index (κ2) is 7.79. The van der Waals surface area contributed by atoms with Gasteiger partial charge in [0.15, 0.2) is 0 Å². The summed E-state index contributed by atoms with van der Waals surface area (Å²) in [6.45, 7) is 5.41. The number of pyridine rings is 1. The summed E-state index contributed by atoms with van der Waals surface area (Å²) in [4.78, 5) is 6.80. The van der Waals surface area contributed by atoms with Crippen LogP contribution >= 0.6 is 0 Å². The maximum absolute atomic E-state index is 4.65. The Morgan fingerprint density at radius 2 is 1.81 bits per heavy atom. The fourth-order valence-electron chi connectivity index (χ4n) is 2.38. The third-order valence-electron chi connectivity index (χ3n) is 3.71. The molecule has 1 N–H and O–H groups in total. The van der Waals surface area contributed by atoms with Crippen LogP contribution in [0, 0.1) is 0 Å². The van der Waals surface area contributed by atoms with E-state index in [2.05, 4.69) is 72.5 Å². The number of hydrogen-bond donors (Lipinski definition) is 1. The summed E-state index contributed by atoms with van der Waals surface area (Å²) in [5.41, 5.74) is 3.40. The molecular weight excluding hydrogens is 258 g/mol. The van der Waals surface area contributed by atoms with Gasteiger partial charge in [0.2, 0.25) is 0 Å². The zero-order valence-electron chi connectivity index (χ0n) is 13.2. The molecule has 2 rings (SSSR count). The molecule has 0 saturated carbocycles. The van der Waals surface area contributed by atoms with Crippen LogP contribution in [0.25, 0.3) is 0 Å². The van der Waals surface area contributed by atoms with Crippen LogP contribution in [0.15, 0.2) is 48.7 Å². The average Bonchev–Trinajstić information content (AvgIpc) is 2.56. The monoisotopic (exact) mass is 283 g/mol. The number of para-hydroxylation sites is 1. The predicted molar refractivity (Wildman–Crippen MR) is 90.1 cm³/mol. The lowest BCUT2D eigenvalue weighted by Crippen LogP contribution is -2.22. The lowest BCUT2D eigenvalue weighted by Gasteiger charge is -2.21. The molecule has 3 nitrogen and oxygen atoms in total. The van der Waals surface area contributed by atoms with E-state index in [9.17, 15) is 0 Å². The molecule has 3 heteroatoms. The van der Waals surface area contributed by atoms with E-state index in [1.54, 1.807) is 0 Å². The molecule has 0 amide bonds. The Balaban J connectivity index is 2.11. The molecule has 1 aromatic heterocycles. The van der Waals surface area contributed by atoms with Crippen molar-refractivity contribution in [3.8, 4) is 0 Å². The fraction of sp³-hybridized carbons (Fsp3) is 0.389. The Morgan fingerprint density at radius 3 is 2.38 bits per heavy atom. The lowest BCUT2D eigenvalue weighted by atomic mass is 10.1. The highest BCUT2D eigenvalue weighted by molar-refractivity contribution is 5.61. The maximum atomic E-state index is 4.65. The van der Waals surface area contributed by atoms with E-state index in [0.29, 0.717) is 6.04 Å². The molecule has 1 heterocycles. The Morgan fingerprint density at radius 1 is 1.05 bits per heavy atom. The second-order valence-electron chi connectivity index (χ2n) is 5.25. The van der Waals surface area contributed by atoms with Crippen molar-refractivity contribution in [1.29, 1.82) is 0 Å². The molecule has 0 aliphatic carbocycles. The molecule has 1 atom stereocenters. The number of rotatable bonds is 7. The second-order valence-corrected chi connectivity index (χ2v) is 5.25. The highest BCUT2D eigenvalue weighted by atomic mass is 15.1. The van der Waals surface area contributed by atoms with Crippen LogP contribution in [0.4, 0.5) is 11.4 Å². The minimum absolute atomic E-state index is 0.348. The summed E-state index contributed by atoms with van der Waals surface area (Å²) in [5.74, 6) is 0. The summed E-state index contributed by atoms with van der Waals surface area (Å²) < 4.78 is 0. The quantitative estimate of drug-likeness (QED) is 0.821. The molecule has 0 saturated heterocycles. The molecular formula is C18H25N3. The van der Waals surface area contributed by atoms with Crippen molar-refractivity contribution in [2.45, 2.75) is 32.7 Å². The van der Waals surface area contributed by atoms with Crippen LogP contribution in [-0.2, 0) is 0 Å². The first kappa shape index (κ1) is 15.5. The highest BCUT2D eigenvalue weighted by Crippen LogP contribution is 2.24. The van der Waals surface area contributed by atoms with Crippen molar-refractivity contribution < 1.29 is 0 Å². The SMILES string of the molecule is CCCNC(CC)c1ccc(N(C)c2ccccc2)cn1. The number of aromatic nitrogens is 1. The van der Waals surface area contributed by atoms with Crippen LogP contribution in [0.1, 0.15) is 38.4 Å². The van der Waals surface area contributed by atoms with Gasteiger partial charge in [-0.1, -0.05) is 32.0 Å². The summed E-state index contributed by atoms with van der Waals surface area (Å²) in [6.07, 6.45) is 4.16. The smallest absolute Gasteiger partial charge is 0.0594 e. The van der Waals surface area contributed by atoms with Crippen molar-refractivity contribution in [1.82, 2.24) is 10.3 Å². The van der Waals surface area contributed by atoms with E-state index < -0.39 is 0 Å². The van der Waals surface area contributed by atoms with Gasteiger partial charge in [-0.05, 0) is 43.7 Å². The molecule has 0 aliphatic rings. The normalized spacial score (nSPS) is 12.1. The largest absolute Gasteiger partial charge is 0.343 e. The Bertz CT molecular complexity index is 522. The lowest BCUT2D eigenvalue weighted by molar-refractivity contribution is 0.507. The van der Waals surface area contributed by atoms with Gasteiger partial charge >= 0.3 is 0 Å². The molecule has 0 radical (unpaired) electrons. The van der Waals surface area contributed by atoms with Crippen LogP contribution < -0.4 is 10.2 Å². The van der Waals surface area contributed by atoms with Gasteiger partial charge in [-0.15, -0.1) is 0 Å². The predicted octanol–water partition coefficient (Wildman–Crippen LogP) is 4.30. The number of nitrogens with one attached hydrogen (secondary N) is 1. The van der Waals surface area contributed by atoms with E-state index >= 15 is 0 Å². The first-order valence-corrected chi connectivity index (χ1v) is 7.74. The minimum Gasteiger partial charge on any atom is -0.343 e. The summed E-state index contributed by atoms with van der Waals surface area (Å²) in [5, 5.41) is 3.54. The number of benzene rings is 1. The topological polar surface area (TPSA) is 28.2 Å². The van der Waals surface area contributed by atoms with Crippen LogP contribution in [0.2, 0.25) is 0 Å². The van der Waals surface area contributed by atoms with Crippen molar-refractivity contribution in [2.75, 3.05) is 18.5 Å². The molecule has 0 bridgehead atoms. The number of nitrogens with zero attached hydrogens (tertiary/aromatic N) is 2. The Hall–Kier alpha value is -1.87. The van der Waals surface area contributed by atoms with Gasteiger partial charge in [0.05, 0.1) is 17.6 Å². The van der Waals surface area contributed by atoms with Crippen molar-refractivity contribution >= 4 is 11.4 Å². The molecule has 0 aliphatic heterocycles. The fourth-order valence-corrected chi connectivity index (χ4v) is 2.38. The Kier molecular flexibility index (Phi) is 5.76. The third kappa shape index (κ3) is 4.05. The van der Waals surface area contributed by atoms with E-state index in [-0.39, 0.29) is 0 Å². The van der Waals surface area contributed by atoms with Crippen molar-refractivity contribution in [3.63, 3.8) is 0 Å². The van der Waals surface area contributed by atoms with Gasteiger partial charge in [0.25, 0.3) is 0 Å². The number of hydrogen-bond acceptors (Lipinski definition) is 3. The van der Waals surface area contributed by atoms with Crippen LogP contribution in [-0.4, -0.2) is 18.6 Å². The van der Waals surface area contributed by atoms with E-state index in [0.717, 1.165) is 30.8 Å². The van der Waals surface area contributed by atoms with Gasteiger partial charge in [-0.2, -0.15) is 0 Å². The minimum atomic E-state index is 0.348. The average molecular weight is 283 g/mol. The van der Waals surface area contributed by atoms with Crippen LogP contribution in [0.5, 0.6) is 0 Å². The van der Waals surface area contributed by atoms with Crippen molar-refractivity contribution in [2.24, 2.45) is 0 Å². The standard InChI is InChI=1S/C18H25N3/c1-4-13-19-17(5-2)18-12-11-16(14-20-18)21(3)15-9-7-6-8-10-15/h6-12,14,17,19H,4-5,13H2,1-3H3. The molecule has 112 valence electrons. The third-order valence-corrected chi connectivity index (χ3v) is 3.71. The van der Waals surface area contributed by atoms with E-state index in [1.807, 2.05) is 12.3 Å². The van der Waals surface area contributed by atoms with Crippen LogP contribution in [0.3, 0.4) is 0 Å². The van der Waals surface area contributed by atoms with Gasteiger partial charge in [0, 0.05) is 18.8 Å². The van der Waals surface area contributed by atoms with Crippen molar-refractivity contribution in [3.05, 3.63) is 54.4 Å². The van der Waals surface area contributed by atoms with Gasteiger partial charge in [0.1, 0.15) is 0 Å². The van der Waals surface area contributed by atoms with Gasteiger partial charge in [-0.25, -0.2) is 0 Å². The maximum Gasteiger partial charge on any atom is 0.0594 e. The first-order valence-electron chi connectivity index (χ1n) is 7.74. The molecule has 0 fully saturated rings. The summed E-state index contributed by atoms with van der Waals surface area (Å²) in [6, 6.07) is 15.0. The van der Waals surface area contributed by atoms with E-state index in [1.165, 1.54) is 5.69 Å². The number of anilines is 2. The van der Waals surface area contributed by atoms with Gasteiger partial charge in [-0.3, -0.25) is 4.98 Å². The summed E-state index contributed by atoms with van der Waals surface area (Å²) >= 11 is 0. The van der Waals surface area contributed by atoms with Gasteiger partial charge < -0.3 is 10.2 Å². The zero-order chi connectivity index (χ0) is 15.1. The first-order chi connectivity index (χ1) is 10.3. The molecule has 1 aromatic carbocycles. The molecule has 21 heavy (non-hydrogen) atoms. The zero-order valence-corrected chi connectivity index (χ0v) is 13.2. The van der Waals surface area contributed by atoms with E-state index in [4.69, 9.17) is 0 Å². The highest BCUT2D eigenvalue weighted by Gasteiger charge is 2.10. The molecule has 2 aromatic rings.